The molecule has 1 saturated heterocycles. The Bertz CT molecular complexity index is 528. The number of amides is 3. The van der Waals surface area contributed by atoms with Gasteiger partial charge in [-0.25, -0.2) is 5.84 Å². The van der Waals surface area contributed by atoms with Crippen molar-refractivity contribution in [3.63, 3.8) is 0 Å². The summed E-state index contributed by atoms with van der Waals surface area (Å²) in [6, 6.07) is 6.48. The molecule has 1 aliphatic rings. The number of carbonyl (C=O) groups is 3. The van der Waals surface area contributed by atoms with Crippen molar-refractivity contribution in [3.05, 3.63) is 29.8 Å². The Balaban J connectivity index is 1.89. The van der Waals surface area contributed by atoms with E-state index < -0.39 is 5.91 Å². The summed E-state index contributed by atoms with van der Waals surface area (Å²) in [6.07, 6.45) is 0.538. The van der Waals surface area contributed by atoms with Gasteiger partial charge in [-0.05, 0) is 18.2 Å². The Hall–Kier alpha value is -2.41. The van der Waals surface area contributed by atoms with E-state index in [1.165, 1.54) is 11.0 Å². The number of nitrogens with zero attached hydrogens (tertiary/aromatic N) is 1. The summed E-state index contributed by atoms with van der Waals surface area (Å²) in [5.74, 6) is 4.76. The molecule has 0 atom stereocenters. The molecule has 2 rings (SSSR count). The van der Waals surface area contributed by atoms with Crippen LogP contribution in [0, 0.1) is 0 Å². The summed E-state index contributed by atoms with van der Waals surface area (Å²) in [7, 11) is 0. The van der Waals surface area contributed by atoms with E-state index in [1.807, 2.05) is 5.43 Å². The van der Waals surface area contributed by atoms with Crippen LogP contribution >= 0.6 is 0 Å². The third kappa shape index (κ3) is 3.12. The normalized spacial score (nSPS) is 14.6. The average molecular weight is 277 g/mol. The van der Waals surface area contributed by atoms with Crippen LogP contribution in [0.4, 0.5) is 0 Å². The molecule has 0 radical (unpaired) electrons. The average Bonchev–Trinajstić information content (AvgIpc) is 2.78. The number of likely N-dealkylation sites (tertiary alicyclic amines) is 1. The van der Waals surface area contributed by atoms with Gasteiger partial charge in [0.25, 0.3) is 5.91 Å². The summed E-state index contributed by atoms with van der Waals surface area (Å²) >= 11 is 0. The van der Waals surface area contributed by atoms with E-state index in [4.69, 9.17) is 10.6 Å². The molecule has 1 aliphatic heterocycles. The third-order valence-corrected chi connectivity index (χ3v) is 2.97. The summed E-state index contributed by atoms with van der Waals surface area (Å²) in [4.78, 5) is 35.3. The maximum atomic E-state index is 11.4. The predicted octanol–water partition coefficient (Wildman–Crippen LogP) is -0.182. The smallest absolute Gasteiger partial charge is 0.265 e. The number of rotatable bonds is 5. The Morgan fingerprint density at radius 2 is 2.00 bits per heavy atom. The highest BCUT2D eigenvalue weighted by atomic mass is 16.5. The lowest BCUT2D eigenvalue weighted by Crippen LogP contribution is -2.33. The topological polar surface area (TPSA) is 102 Å². The maximum absolute atomic E-state index is 11.4. The number of nitrogen functional groups attached to an aromatic ring is 1. The SMILES string of the molecule is NNC(=O)c1cccc(OCCN2C(=O)CCC2=O)c1. The number of ether oxygens (including phenoxy) is 1. The van der Waals surface area contributed by atoms with Crippen LogP contribution in [-0.2, 0) is 9.59 Å². The van der Waals surface area contributed by atoms with Gasteiger partial charge in [-0.2, -0.15) is 0 Å². The quantitative estimate of drug-likeness (QED) is 0.336. The number of hydrazine groups is 1. The van der Waals surface area contributed by atoms with Crippen LogP contribution in [0.25, 0.3) is 0 Å². The molecular weight excluding hydrogens is 262 g/mol. The number of imide groups is 1. The van der Waals surface area contributed by atoms with Crippen LogP contribution in [0.2, 0.25) is 0 Å². The molecule has 0 unspecified atom stereocenters. The molecule has 7 heteroatoms. The minimum atomic E-state index is -0.416. The van der Waals surface area contributed by atoms with Gasteiger partial charge in [-0.15, -0.1) is 0 Å². The van der Waals surface area contributed by atoms with Crippen molar-refractivity contribution in [1.29, 1.82) is 0 Å². The maximum Gasteiger partial charge on any atom is 0.265 e. The van der Waals surface area contributed by atoms with E-state index in [2.05, 4.69) is 0 Å². The van der Waals surface area contributed by atoms with E-state index >= 15 is 0 Å². The molecule has 1 aromatic rings. The van der Waals surface area contributed by atoms with Crippen LogP contribution in [0.15, 0.2) is 24.3 Å². The van der Waals surface area contributed by atoms with E-state index in [0.717, 1.165) is 0 Å². The summed E-state index contributed by atoms with van der Waals surface area (Å²) in [5.41, 5.74) is 2.40. The molecule has 0 aromatic heterocycles. The Labute approximate surface area is 115 Å². The van der Waals surface area contributed by atoms with Gasteiger partial charge in [0.1, 0.15) is 12.4 Å². The second-order valence-electron chi connectivity index (χ2n) is 4.29. The van der Waals surface area contributed by atoms with Gasteiger partial charge in [-0.3, -0.25) is 24.7 Å². The first-order valence-corrected chi connectivity index (χ1v) is 6.19. The number of nitrogens with one attached hydrogen (secondary N) is 1. The largest absolute Gasteiger partial charge is 0.492 e. The molecule has 0 aliphatic carbocycles. The van der Waals surface area contributed by atoms with Crippen molar-refractivity contribution in [1.82, 2.24) is 10.3 Å². The molecule has 0 spiro atoms. The molecule has 7 nitrogen and oxygen atoms in total. The van der Waals surface area contributed by atoms with E-state index in [1.54, 1.807) is 18.2 Å². The molecule has 1 heterocycles. The van der Waals surface area contributed by atoms with Crippen molar-refractivity contribution in [3.8, 4) is 5.75 Å². The van der Waals surface area contributed by atoms with Gasteiger partial charge in [0.05, 0.1) is 6.54 Å². The fourth-order valence-corrected chi connectivity index (χ4v) is 1.94. The fraction of sp³-hybridized carbons (Fsp3) is 0.308. The summed E-state index contributed by atoms with van der Waals surface area (Å²) in [6.45, 7) is 0.399. The zero-order valence-corrected chi connectivity index (χ0v) is 10.8. The van der Waals surface area contributed by atoms with E-state index in [9.17, 15) is 14.4 Å². The second-order valence-corrected chi connectivity index (χ2v) is 4.29. The van der Waals surface area contributed by atoms with Crippen molar-refractivity contribution in [2.45, 2.75) is 12.8 Å². The number of benzene rings is 1. The molecule has 0 bridgehead atoms. The second kappa shape index (κ2) is 6.16. The third-order valence-electron chi connectivity index (χ3n) is 2.97. The first-order chi connectivity index (χ1) is 9.61. The molecule has 1 aromatic carbocycles. The van der Waals surface area contributed by atoms with Gasteiger partial charge >= 0.3 is 0 Å². The highest BCUT2D eigenvalue weighted by molar-refractivity contribution is 6.01. The lowest BCUT2D eigenvalue weighted by molar-refractivity contribution is -0.138. The first kappa shape index (κ1) is 14.0. The van der Waals surface area contributed by atoms with Crippen molar-refractivity contribution in [2.75, 3.05) is 13.2 Å². The minimum Gasteiger partial charge on any atom is -0.492 e. The molecule has 3 N–H and O–H groups in total. The van der Waals surface area contributed by atoms with Crippen molar-refractivity contribution in [2.24, 2.45) is 5.84 Å². The zero-order chi connectivity index (χ0) is 14.5. The number of nitrogens with two attached hydrogens (primary N) is 1. The van der Waals surface area contributed by atoms with Gasteiger partial charge in [-0.1, -0.05) is 6.07 Å². The van der Waals surface area contributed by atoms with E-state index in [0.29, 0.717) is 11.3 Å². The molecule has 1 fully saturated rings. The minimum absolute atomic E-state index is 0.171. The van der Waals surface area contributed by atoms with E-state index in [-0.39, 0.29) is 37.8 Å². The number of hydrogen-bond acceptors (Lipinski definition) is 5. The summed E-state index contributed by atoms with van der Waals surface area (Å²) in [5, 5.41) is 0. The van der Waals surface area contributed by atoms with Crippen LogP contribution in [0.1, 0.15) is 23.2 Å². The Kier molecular flexibility index (Phi) is 4.31. The highest BCUT2D eigenvalue weighted by Gasteiger charge is 2.28. The molecule has 20 heavy (non-hydrogen) atoms. The fourth-order valence-electron chi connectivity index (χ4n) is 1.94. The number of hydrogen-bond donors (Lipinski definition) is 2. The molecule has 106 valence electrons. The van der Waals surface area contributed by atoms with Crippen LogP contribution < -0.4 is 16.0 Å². The number of carbonyl (C=O) groups excluding carboxylic acids is 3. The van der Waals surface area contributed by atoms with Gasteiger partial charge in [0.15, 0.2) is 0 Å². The van der Waals surface area contributed by atoms with Gasteiger partial charge < -0.3 is 4.74 Å². The van der Waals surface area contributed by atoms with Gasteiger partial charge in [0.2, 0.25) is 11.8 Å². The summed E-state index contributed by atoms with van der Waals surface area (Å²) < 4.78 is 5.43. The van der Waals surface area contributed by atoms with Crippen LogP contribution in [0.5, 0.6) is 5.75 Å². The van der Waals surface area contributed by atoms with Crippen LogP contribution in [0.3, 0.4) is 0 Å². The monoisotopic (exact) mass is 277 g/mol. The first-order valence-electron chi connectivity index (χ1n) is 6.19. The standard InChI is InChI=1S/C13H15N3O4/c14-15-13(19)9-2-1-3-10(8-9)20-7-6-16-11(17)4-5-12(16)18/h1-3,8H,4-7,14H2,(H,15,19). The lowest BCUT2D eigenvalue weighted by Gasteiger charge is -2.14. The zero-order valence-electron chi connectivity index (χ0n) is 10.8. The lowest BCUT2D eigenvalue weighted by atomic mass is 10.2. The van der Waals surface area contributed by atoms with Crippen molar-refractivity contribution >= 4 is 17.7 Å². The molecule has 3 amide bonds. The van der Waals surface area contributed by atoms with Crippen molar-refractivity contribution < 1.29 is 19.1 Å². The molecule has 0 saturated carbocycles. The highest BCUT2D eigenvalue weighted by Crippen LogP contribution is 2.14. The molecular formula is C13H15N3O4. The Morgan fingerprint density at radius 1 is 1.30 bits per heavy atom. The predicted molar refractivity (Wildman–Crippen MR) is 69.5 cm³/mol. The van der Waals surface area contributed by atoms with Gasteiger partial charge in [0, 0.05) is 18.4 Å². The Morgan fingerprint density at radius 3 is 2.65 bits per heavy atom. The van der Waals surface area contributed by atoms with Crippen LogP contribution in [-0.4, -0.2) is 35.8 Å².